The largest absolute Gasteiger partial charge is 0.397 e. The number of hydrogen-bond donors (Lipinski definition) is 2. The summed E-state index contributed by atoms with van der Waals surface area (Å²) in [6.45, 7) is 0. The molecule has 0 atom stereocenters. The Morgan fingerprint density at radius 2 is 0.975 bits per heavy atom. The smallest absolute Gasteiger partial charge is 0.338 e. The number of benzene rings is 5. The van der Waals surface area contributed by atoms with Crippen LogP contribution in [0.25, 0.3) is 22.4 Å². The van der Waals surface area contributed by atoms with Gasteiger partial charge in [-0.15, -0.1) is 0 Å². The van der Waals surface area contributed by atoms with Crippen molar-refractivity contribution < 1.29 is 0 Å². The predicted molar refractivity (Wildman–Crippen MR) is 163 cm³/mol. The van der Waals surface area contributed by atoms with Crippen LogP contribution in [-0.4, -0.2) is 9.13 Å². The van der Waals surface area contributed by atoms with Gasteiger partial charge in [0.15, 0.2) is 0 Å². The fraction of sp³-hybridized carbons (Fsp3) is 0. The summed E-state index contributed by atoms with van der Waals surface area (Å²) in [6.07, 6.45) is 0. The van der Waals surface area contributed by atoms with Crippen LogP contribution < -0.4 is 27.0 Å². The zero-order chi connectivity index (χ0) is 27.2. The van der Waals surface area contributed by atoms with Gasteiger partial charge in [0, 0.05) is 12.1 Å². The lowest BCUT2D eigenvalue weighted by Crippen LogP contribution is -2.24. The Hall–Kier alpha value is -5.87. The summed E-state index contributed by atoms with van der Waals surface area (Å²) < 4.78 is 3.33. The third-order valence-corrected chi connectivity index (χ3v) is 7.07. The second-order valence-corrected chi connectivity index (χ2v) is 9.47. The number of nitrogens with zero attached hydrogens (tertiary/aromatic N) is 4. The molecule has 7 rings (SSSR count). The SMILES string of the molecule is Nc1cc(N)c(-n2c(=O)n(-c3ccccc3)c3ccccc32)cc1N1C#CN(c2ccccc2)c2ccccc21. The number of imidazole rings is 1. The van der Waals surface area contributed by atoms with Crippen LogP contribution in [0.5, 0.6) is 0 Å². The van der Waals surface area contributed by atoms with E-state index in [4.69, 9.17) is 11.5 Å². The molecular weight excluding hydrogens is 496 g/mol. The maximum atomic E-state index is 14.0. The molecule has 0 saturated carbocycles. The van der Waals surface area contributed by atoms with Crippen molar-refractivity contribution in [1.82, 2.24) is 9.13 Å². The van der Waals surface area contributed by atoms with Gasteiger partial charge < -0.3 is 11.5 Å². The van der Waals surface area contributed by atoms with Gasteiger partial charge in [0.1, 0.15) is 0 Å². The molecule has 0 aliphatic carbocycles. The lowest BCUT2D eigenvalue weighted by atomic mass is 10.1. The molecule has 0 amide bonds. The molecule has 1 aromatic heterocycles. The minimum absolute atomic E-state index is 0.227. The molecule has 4 N–H and O–H groups in total. The van der Waals surface area contributed by atoms with Crippen LogP contribution in [0.2, 0.25) is 0 Å². The molecule has 7 nitrogen and oxygen atoms in total. The molecule has 1 aliphatic heterocycles. The van der Waals surface area contributed by atoms with Gasteiger partial charge in [0.25, 0.3) is 0 Å². The van der Waals surface area contributed by atoms with Crippen LogP contribution >= 0.6 is 0 Å². The van der Waals surface area contributed by atoms with Crippen LogP contribution in [-0.2, 0) is 0 Å². The maximum absolute atomic E-state index is 14.0. The summed E-state index contributed by atoms with van der Waals surface area (Å²) in [5.74, 6) is 0. The van der Waals surface area contributed by atoms with E-state index in [0.29, 0.717) is 22.7 Å². The van der Waals surface area contributed by atoms with E-state index in [-0.39, 0.29) is 5.69 Å². The van der Waals surface area contributed by atoms with E-state index in [1.165, 1.54) is 0 Å². The number of nitrogens with two attached hydrogens (primary N) is 2. The van der Waals surface area contributed by atoms with Crippen LogP contribution in [0.4, 0.5) is 34.1 Å². The number of rotatable bonds is 4. The molecule has 6 aromatic rings. The second-order valence-electron chi connectivity index (χ2n) is 9.47. The zero-order valence-electron chi connectivity index (χ0n) is 21.4. The Morgan fingerprint density at radius 1 is 0.475 bits per heavy atom. The lowest BCUT2D eigenvalue weighted by molar-refractivity contribution is 0.932. The van der Waals surface area contributed by atoms with Gasteiger partial charge in [-0.25, -0.2) is 4.79 Å². The molecule has 0 saturated heterocycles. The van der Waals surface area contributed by atoms with Crippen LogP contribution in [0.15, 0.2) is 126 Å². The maximum Gasteiger partial charge on any atom is 0.338 e. The molecule has 0 bridgehead atoms. The zero-order valence-corrected chi connectivity index (χ0v) is 21.4. The average molecular weight is 521 g/mol. The molecule has 1 aliphatic rings. The number of aromatic nitrogens is 2. The number of fused-ring (bicyclic) bond motifs is 2. The standard InChI is InChI=1S/C33H24N6O/c34-25-21-26(35)32(39-30-18-10-9-17-29(30)38(33(39)40)24-13-5-2-6-14-24)22-31(25)37-20-19-36(23-11-3-1-4-12-23)27-15-7-8-16-28(27)37/h1-18,21-22H,34-35H2. The molecule has 5 aromatic carbocycles. The van der Waals surface area contributed by atoms with Crippen molar-refractivity contribution in [2.24, 2.45) is 0 Å². The van der Waals surface area contributed by atoms with Crippen molar-refractivity contribution in [3.63, 3.8) is 0 Å². The number of hydrogen-bond acceptors (Lipinski definition) is 5. The Balaban J connectivity index is 1.43. The van der Waals surface area contributed by atoms with Crippen molar-refractivity contribution >= 4 is 45.2 Å². The third-order valence-electron chi connectivity index (χ3n) is 7.07. The van der Waals surface area contributed by atoms with Gasteiger partial charge >= 0.3 is 5.69 Å². The van der Waals surface area contributed by atoms with Crippen molar-refractivity contribution in [2.45, 2.75) is 0 Å². The summed E-state index contributed by atoms with van der Waals surface area (Å²) in [5, 5.41) is 0. The molecule has 192 valence electrons. The fourth-order valence-corrected chi connectivity index (χ4v) is 5.24. The van der Waals surface area contributed by atoms with Gasteiger partial charge in [-0.3, -0.25) is 18.9 Å². The number of nitrogen functional groups attached to an aromatic ring is 2. The van der Waals surface area contributed by atoms with E-state index in [1.807, 2.05) is 125 Å². The van der Waals surface area contributed by atoms with Gasteiger partial charge in [-0.05, 0) is 60.7 Å². The first-order valence-corrected chi connectivity index (χ1v) is 12.8. The van der Waals surface area contributed by atoms with Crippen LogP contribution in [0, 0.1) is 12.1 Å². The molecule has 0 fully saturated rings. The monoisotopic (exact) mass is 520 g/mol. The predicted octanol–water partition coefficient (Wildman–Crippen LogP) is 6.15. The summed E-state index contributed by atoms with van der Waals surface area (Å²) >= 11 is 0. The highest BCUT2D eigenvalue weighted by atomic mass is 16.1. The third kappa shape index (κ3) is 3.59. The number of anilines is 6. The Morgan fingerprint density at radius 3 is 1.65 bits per heavy atom. The fourth-order valence-electron chi connectivity index (χ4n) is 5.24. The van der Waals surface area contributed by atoms with E-state index >= 15 is 0 Å². The van der Waals surface area contributed by atoms with Gasteiger partial charge in [0.2, 0.25) is 0 Å². The van der Waals surface area contributed by atoms with E-state index in [1.54, 1.807) is 15.2 Å². The highest BCUT2D eigenvalue weighted by Gasteiger charge is 2.25. The highest BCUT2D eigenvalue weighted by molar-refractivity contribution is 5.93. The minimum Gasteiger partial charge on any atom is -0.397 e. The normalized spacial score (nSPS) is 12.2. The Kier molecular flexibility index (Phi) is 5.32. The van der Waals surface area contributed by atoms with E-state index in [2.05, 4.69) is 12.1 Å². The van der Waals surface area contributed by atoms with Crippen molar-refractivity contribution in [2.75, 3.05) is 21.3 Å². The van der Waals surface area contributed by atoms with Gasteiger partial charge in [-0.2, -0.15) is 0 Å². The van der Waals surface area contributed by atoms with Gasteiger partial charge in [-0.1, -0.05) is 60.7 Å². The molecule has 7 heteroatoms. The molecule has 40 heavy (non-hydrogen) atoms. The average Bonchev–Trinajstić information content (AvgIpc) is 3.29. The van der Waals surface area contributed by atoms with Crippen molar-refractivity contribution in [3.05, 3.63) is 132 Å². The summed E-state index contributed by atoms with van der Waals surface area (Å²) in [4.78, 5) is 17.8. The first-order valence-electron chi connectivity index (χ1n) is 12.8. The second kappa shape index (κ2) is 9.15. The Labute approximate surface area is 230 Å². The van der Waals surface area contributed by atoms with Gasteiger partial charge in [0.05, 0.1) is 56.5 Å². The topological polar surface area (TPSA) is 85.4 Å². The Bertz CT molecular complexity index is 2020. The summed E-state index contributed by atoms with van der Waals surface area (Å²) in [5.41, 5.74) is 19.9. The van der Waals surface area contributed by atoms with Crippen LogP contribution in [0.3, 0.4) is 0 Å². The molecule has 0 unspecified atom stereocenters. The number of para-hydroxylation sites is 6. The molecular formula is C33H24N6O. The van der Waals surface area contributed by atoms with E-state index < -0.39 is 0 Å². The van der Waals surface area contributed by atoms with E-state index in [0.717, 1.165) is 33.8 Å². The van der Waals surface area contributed by atoms with Crippen molar-refractivity contribution in [1.29, 1.82) is 0 Å². The van der Waals surface area contributed by atoms with E-state index in [9.17, 15) is 4.79 Å². The van der Waals surface area contributed by atoms with Crippen molar-refractivity contribution in [3.8, 4) is 23.5 Å². The molecule has 0 radical (unpaired) electrons. The first-order chi connectivity index (χ1) is 19.6. The minimum atomic E-state index is -0.227. The summed E-state index contributed by atoms with van der Waals surface area (Å²) in [7, 11) is 0. The quantitative estimate of drug-likeness (QED) is 0.215. The lowest BCUT2D eigenvalue weighted by Gasteiger charge is -2.30. The summed E-state index contributed by atoms with van der Waals surface area (Å²) in [6, 6.07) is 45.3. The first kappa shape index (κ1) is 23.3. The molecule has 0 spiro atoms. The highest BCUT2D eigenvalue weighted by Crippen LogP contribution is 2.42. The molecule has 2 heterocycles. The van der Waals surface area contributed by atoms with Crippen LogP contribution in [0.1, 0.15) is 0 Å².